The van der Waals surface area contributed by atoms with Crippen molar-refractivity contribution in [1.82, 2.24) is 24.9 Å². The third-order valence-electron chi connectivity index (χ3n) is 6.04. The van der Waals surface area contributed by atoms with E-state index in [4.69, 9.17) is 4.99 Å². The van der Waals surface area contributed by atoms with Crippen LogP contribution in [0.2, 0.25) is 0 Å². The lowest BCUT2D eigenvalue weighted by atomic mass is 9.99. The van der Waals surface area contributed by atoms with Crippen molar-refractivity contribution in [3.05, 3.63) is 18.0 Å². The fraction of sp³-hybridized carbons (Fsp3) is 0.810. The van der Waals surface area contributed by atoms with E-state index in [2.05, 4.69) is 40.3 Å². The minimum atomic E-state index is 0.573. The number of unbranched alkanes of at least 4 members (excludes halogenated alkanes) is 1. The monoisotopic (exact) mass is 374 g/mol. The van der Waals surface area contributed by atoms with Crippen LogP contribution in [0, 0.1) is 5.92 Å². The molecule has 3 rings (SSSR count). The minimum Gasteiger partial charge on any atom is -0.357 e. The van der Waals surface area contributed by atoms with E-state index >= 15 is 0 Å². The molecule has 1 unspecified atom stereocenters. The Labute approximate surface area is 165 Å². The lowest BCUT2D eigenvalue weighted by molar-refractivity contribution is 0.190. The summed E-state index contributed by atoms with van der Waals surface area (Å²) in [7, 11) is 1.99. The molecule has 0 aliphatic carbocycles. The molecule has 0 radical (unpaired) electrons. The molecule has 6 nitrogen and oxygen atoms in total. The lowest BCUT2D eigenvalue weighted by Gasteiger charge is -2.30. The molecule has 1 aromatic rings. The molecule has 2 fully saturated rings. The van der Waals surface area contributed by atoms with Crippen LogP contribution >= 0.6 is 0 Å². The van der Waals surface area contributed by atoms with Gasteiger partial charge in [-0.25, -0.2) is 0 Å². The van der Waals surface area contributed by atoms with E-state index in [1.165, 1.54) is 57.3 Å². The second kappa shape index (κ2) is 10.1. The number of piperidine rings is 1. The van der Waals surface area contributed by atoms with E-state index in [1.807, 2.05) is 17.9 Å². The van der Waals surface area contributed by atoms with Gasteiger partial charge in [-0.3, -0.25) is 9.67 Å². The quantitative estimate of drug-likeness (QED) is 0.453. The number of guanidine groups is 1. The average Bonchev–Trinajstić information content (AvgIpc) is 3.31. The Balaban J connectivity index is 1.41. The van der Waals surface area contributed by atoms with Gasteiger partial charge in [0, 0.05) is 45.3 Å². The first-order valence-electron chi connectivity index (χ1n) is 10.9. The highest BCUT2D eigenvalue weighted by molar-refractivity contribution is 5.80. The Morgan fingerprint density at radius 2 is 2.04 bits per heavy atom. The number of nitrogens with zero attached hydrogens (tertiary/aromatic N) is 5. The van der Waals surface area contributed by atoms with E-state index in [9.17, 15) is 0 Å². The molecule has 27 heavy (non-hydrogen) atoms. The lowest BCUT2D eigenvalue weighted by Crippen LogP contribution is -2.40. The number of likely N-dealkylation sites (tertiary alicyclic amines) is 2. The van der Waals surface area contributed by atoms with Gasteiger partial charge in [0.1, 0.15) is 0 Å². The predicted molar refractivity (Wildman–Crippen MR) is 112 cm³/mol. The Hall–Kier alpha value is -1.56. The zero-order chi connectivity index (χ0) is 19.1. The van der Waals surface area contributed by atoms with E-state index in [0.29, 0.717) is 5.92 Å². The van der Waals surface area contributed by atoms with Gasteiger partial charge < -0.3 is 15.1 Å². The average molecular weight is 375 g/mol. The van der Waals surface area contributed by atoms with E-state index in [0.717, 1.165) is 38.1 Å². The van der Waals surface area contributed by atoms with Crippen LogP contribution in [0.25, 0.3) is 0 Å². The molecule has 2 saturated heterocycles. The molecule has 0 aromatic carbocycles. The van der Waals surface area contributed by atoms with Crippen LogP contribution in [0.1, 0.15) is 57.4 Å². The molecule has 2 aliphatic rings. The standard InChI is InChI=1S/C21H38N6/c1-4-22-21(23-10-5-6-11-26-12-7-18(2)8-13-26)27-14-9-19(17-27)20-15-24-25(3)16-20/h15-16,18-19H,4-14,17H2,1-3H3,(H,22,23). The molecule has 3 heterocycles. The highest BCUT2D eigenvalue weighted by atomic mass is 15.3. The van der Waals surface area contributed by atoms with E-state index in [1.54, 1.807) is 0 Å². The third kappa shape index (κ3) is 5.96. The summed E-state index contributed by atoms with van der Waals surface area (Å²) in [4.78, 5) is 9.97. The van der Waals surface area contributed by atoms with Crippen molar-refractivity contribution >= 4 is 5.96 Å². The van der Waals surface area contributed by atoms with Gasteiger partial charge in [0.15, 0.2) is 5.96 Å². The molecule has 6 heteroatoms. The zero-order valence-electron chi connectivity index (χ0n) is 17.5. The Morgan fingerprint density at radius 1 is 1.22 bits per heavy atom. The summed E-state index contributed by atoms with van der Waals surface area (Å²) in [5.41, 5.74) is 1.35. The van der Waals surface area contributed by atoms with Gasteiger partial charge in [-0.2, -0.15) is 5.10 Å². The van der Waals surface area contributed by atoms with Gasteiger partial charge in [-0.1, -0.05) is 6.92 Å². The summed E-state index contributed by atoms with van der Waals surface area (Å²) < 4.78 is 1.90. The summed E-state index contributed by atoms with van der Waals surface area (Å²) in [5, 5.41) is 7.82. The molecule has 2 aliphatic heterocycles. The molecule has 0 saturated carbocycles. The largest absolute Gasteiger partial charge is 0.357 e. The Bertz CT molecular complexity index is 587. The number of hydrogen-bond donors (Lipinski definition) is 1. The van der Waals surface area contributed by atoms with Crippen LogP contribution in [0.3, 0.4) is 0 Å². The molecular weight excluding hydrogens is 336 g/mol. The summed E-state index contributed by atoms with van der Waals surface area (Å²) in [6.07, 6.45) is 10.5. The third-order valence-corrected chi connectivity index (χ3v) is 6.04. The van der Waals surface area contributed by atoms with Crippen LogP contribution in [0.5, 0.6) is 0 Å². The SMILES string of the molecule is CCNC(=NCCCCN1CCC(C)CC1)N1CCC(c2cnn(C)c2)C1. The van der Waals surface area contributed by atoms with Crippen molar-refractivity contribution in [3.8, 4) is 0 Å². The van der Waals surface area contributed by atoms with Gasteiger partial charge in [0.05, 0.1) is 6.20 Å². The van der Waals surface area contributed by atoms with Crippen molar-refractivity contribution in [2.75, 3.05) is 45.8 Å². The number of rotatable bonds is 7. The summed E-state index contributed by atoms with van der Waals surface area (Å²) in [6.45, 7) is 12.3. The normalized spacial score (nSPS) is 22.6. The second-order valence-electron chi connectivity index (χ2n) is 8.35. The number of aryl methyl sites for hydroxylation is 1. The Morgan fingerprint density at radius 3 is 2.74 bits per heavy atom. The first-order chi connectivity index (χ1) is 13.2. The molecule has 0 amide bonds. The van der Waals surface area contributed by atoms with Gasteiger partial charge in [-0.15, -0.1) is 0 Å². The fourth-order valence-corrected chi connectivity index (χ4v) is 4.22. The van der Waals surface area contributed by atoms with E-state index in [-0.39, 0.29) is 0 Å². The number of nitrogens with one attached hydrogen (secondary N) is 1. The first-order valence-corrected chi connectivity index (χ1v) is 10.9. The Kier molecular flexibility index (Phi) is 7.56. The first kappa shape index (κ1) is 20.2. The van der Waals surface area contributed by atoms with Gasteiger partial charge >= 0.3 is 0 Å². The highest BCUT2D eigenvalue weighted by Crippen LogP contribution is 2.26. The van der Waals surface area contributed by atoms with Crippen molar-refractivity contribution in [2.45, 2.75) is 51.9 Å². The number of aromatic nitrogens is 2. The molecule has 1 atom stereocenters. The maximum atomic E-state index is 4.92. The maximum absolute atomic E-state index is 4.92. The molecule has 1 aromatic heterocycles. The smallest absolute Gasteiger partial charge is 0.193 e. The topological polar surface area (TPSA) is 48.7 Å². The minimum absolute atomic E-state index is 0.573. The van der Waals surface area contributed by atoms with Crippen molar-refractivity contribution in [2.24, 2.45) is 18.0 Å². The number of hydrogen-bond acceptors (Lipinski definition) is 3. The summed E-state index contributed by atoms with van der Waals surface area (Å²) >= 11 is 0. The van der Waals surface area contributed by atoms with Gasteiger partial charge in [0.2, 0.25) is 0 Å². The molecule has 0 spiro atoms. The van der Waals surface area contributed by atoms with Crippen LogP contribution in [-0.2, 0) is 7.05 Å². The van der Waals surface area contributed by atoms with Crippen molar-refractivity contribution < 1.29 is 0 Å². The van der Waals surface area contributed by atoms with Gasteiger partial charge in [-0.05, 0) is 70.1 Å². The van der Waals surface area contributed by atoms with Crippen LogP contribution in [0.15, 0.2) is 17.4 Å². The van der Waals surface area contributed by atoms with Crippen molar-refractivity contribution in [3.63, 3.8) is 0 Å². The van der Waals surface area contributed by atoms with E-state index < -0.39 is 0 Å². The summed E-state index contributed by atoms with van der Waals surface area (Å²) in [5.74, 6) is 2.59. The van der Waals surface area contributed by atoms with Gasteiger partial charge in [0.25, 0.3) is 0 Å². The predicted octanol–water partition coefficient (Wildman–Crippen LogP) is 2.69. The molecule has 0 bridgehead atoms. The second-order valence-corrected chi connectivity index (χ2v) is 8.35. The number of aliphatic imine (C=N–C) groups is 1. The summed E-state index contributed by atoms with van der Waals surface area (Å²) in [6, 6.07) is 0. The fourth-order valence-electron chi connectivity index (χ4n) is 4.22. The van der Waals surface area contributed by atoms with Crippen LogP contribution in [-0.4, -0.2) is 71.4 Å². The maximum Gasteiger partial charge on any atom is 0.193 e. The highest BCUT2D eigenvalue weighted by Gasteiger charge is 2.26. The van der Waals surface area contributed by atoms with Crippen molar-refractivity contribution in [1.29, 1.82) is 0 Å². The molecule has 152 valence electrons. The molecular formula is C21H38N6. The zero-order valence-corrected chi connectivity index (χ0v) is 17.5. The van der Waals surface area contributed by atoms with Crippen LogP contribution in [0.4, 0.5) is 0 Å². The van der Waals surface area contributed by atoms with Crippen LogP contribution < -0.4 is 5.32 Å². The molecule has 1 N–H and O–H groups in total.